The molecule has 1 atom stereocenters. The molecule has 6 rings (SSSR count). The number of benzene rings is 3. The molecule has 3 heterocycles. The van der Waals surface area contributed by atoms with Crippen molar-refractivity contribution in [3.8, 4) is 0 Å². The Bertz CT molecular complexity index is 1870. The number of H-pyrrole nitrogens is 1. The van der Waals surface area contributed by atoms with Crippen LogP contribution in [0.25, 0.3) is 21.8 Å². The molecule has 0 unspecified atom stereocenters. The van der Waals surface area contributed by atoms with Crippen LogP contribution in [0.2, 0.25) is 0 Å². The van der Waals surface area contributed by atoms with Gasteiger partial charge in [-0.3, -0.25) is 9.59 Å². The minimum absolute atomic E-state index is 0.140. The number of hydrogen-bond donors (Lipinski definition) is 2. The topological polar surface area (TPSA) is 124 Å². The number of aromatic nitrogens is 5. The molecular formula is C32H28N6O4. The second-order valence-electron chi connectivity index (χ2n) is 10.0. The highest BCUT2D eigenvalue weighted by Crippen LogP contribution is 2.23. The summed E-state index contributed by atoms with van der Waals surface area (Å²) in [6.45, 7) is 0.944. The van der Waals surface area contributed by atoms with Crippen molar-refractivity contribution in [2.24, 2.45) is 0 Å². The second-order valence-corrected chi connectivity index (χ2v) is 10.0. The van der Waals surface area contributed by atoms with Crippen LogP contribution in [0.3, 0.4) is 0 Å². The van der Waals surface area contributed by atoms with Gasteiger partial charge < -0.3 is 19.6 Å². The molecule has 0 radical (unpaired) electrons. The summed E-state index contributed by atoms with van der Waals surface area (Å²) in [6.07, 6.45) is 3.65. The second kappa shape index (κ2) is 11.5. The largest absolute Gasteiger partial charge is 0.467 e. The molecule has 0 saturated heterocycles. The van der Waals surface area contributed by atoms with Crippen molar-refractivity contribution in [1.82, 2.24) is 29.9 Å². The zero-order chi connectivity index (χ0) is 29.1. The van der Waals surface area contributed by atoms with Crippen LogP contribution in [-0.4, -0.2) is 55.4 Å². The lowest BCUT2D eigenvalue weighted by Crippen LogP contribution is -2.45. The summed E-state index contributed by atoms with van der Waals surface area (Å²) >= 11 is 0. The van der Waals surface area contributed by atoms with E-state index in [9.17, 15) is 14.4 Å². The molecule has 10 nitrogen and oxygen atoms in total. The van der Waals surface area contributed by atoms with E-state index in [4.69, 9.17) is 4.74 Å². The number of ether oxygens (including phenoxy) is 1. The number of carbonyl (C=O) groups excluding carboxylic acids is 3. The van der Waals surface area contributed by atoms with Gasteiger partial charge in [0.05, 0.1) is 32.0 Å². The molecule has 6 aromatic rings. The van der Waals surface area contributed by atoms with Gasteiger partial charge >= 0.3 is 5.97 Å². The molecule has 2 N–H and O–H groups in total. The van der Waals surface area contributed by atoms with E-state index in [0.29, 0.717) is 24.2 Å². The SMILES string of the molecule is COC(=O)[C@@H](Cc1cc2ccccc2[nH]1)NC(=O)C(=O)c1cn(Cc2cn(Cc3ccccc3)nn2)c2ccccc12. The molecule has 0 bridgehead atoms. The number of aromatic amines is 1. The maximum Gasteiger partial charge on any atom is 0.328 e. The number of amides is 1. The predicted molar refractivity (Wildman–Crippen MR) is 157 cm³/mol. The fourth-order valence-electron chi connectivity index (χ4n) is 5.14. The smallest absolute Gasteiger partial charge is 0.328 e. The van der Waals surface area contributed by atoms with Crippen LogP contribution in [0.1, 0.15) is 27.3 Å². The van der Waals surface area contributed by atoms with Crippen LogP contribution >= 0.6 is 0 Å². The van der Waals surface area contributed by atoms with Crippen molar-refractivity contribution in [3.05, 3.63) is 120 Å². The Hall–Kier alpha value is -5.51. The Morgan fingerprint density at radius 3 is 2.50 bits per heavy atom. The summed E-state index contributed by atoms with van der Waals surface area (Å²) in [5, 5.41) is 12.7. The third-order valence-electron chi connectivity index (χ3n) is 7.15. The standard InChI is InChI=1S/C32H28N6O4/c1-42-32(41)28(16-23-15-22-11-5-7-13-27(22)33-23)34-31(40)30(39)26-20-37(29-14-8-6-12-25(26)29)18-24-19-38(36-35-24)17-21-9-3-2-4-10-21/h2-15,19-20,28,33H,16-18H2,1H3,(H,34,40)/t28-/m1/s1. The zero-order valence-corrected chi connectivity index (χ0v) is 22.9. The monoisotopic (exact) mass is 560 g/mol. The molecule has 0 spiro atoms. The summed E-state index contributed by atoms with van der Waals surface area (Å²) in [5.74, 6) is -2.28. The average molecular weight is 561 g/mol. The highest BCUT2D eigenvalue weighted by atomic mass is 16.5. The Balaban J connectivity index is 1.21. The van der Waals surface area contributed by atoms with Gasteiger partial charge in [0.15, 0.2) is 0 Å². The zero-order valence-electron chi connectivity index (χ0n) is 22.9. The van der Waals surface area contributed by atoms with E-state index in [1.54, 1.807) is 16.9 Å². The van der Waals surface area contributed by atoms with Crippen LogP contribution in [0, 0.1) is 0 Å². The number of nitrogens with one attached hydrogen (secondary N) is 2. The number of methoxy groups -OCH3 is 1. The number of rotatable bonds is 10. The molecule has 0 aliphatic carbocycles. The molecule has 10 heteroatoms. The lowest BCUT2D eigenvalue weighted by atomic mass is 10.1. The van der Waals surface area contributed by atoms with Crippen molar-refractivity contribution in [2.45, 2.75) is 25.6 Å². The van der Waals surface area contributed by atoms with Crippen LogP contribution in [0.5, 0.6) is 0 Å². The van der Waals surface area contributed by atoms with Crippen LogP contribution in [0.4, 0.5) is 0 Å². The number of Topliss-reactive ketones (excluding diaryl/α,β-unsaturated/α-hetero) is 1. The van der Waals surface area contributed by atoms with Crippen molar-refractivity contribution >= 4 is 39.5 Å². The maximum absolute atomic E-state index is 13.5. The van der Waals surface area contributed by atoms with E-state index >= 15 is 0 Å². The molecule has 0 saturated carbocycles. The van der Waals surface area contributed by atoms with Crippen LogP contribution in [0.15, 0.2) is 97.3 Å². The van der Waals surface area contributed by atoms with Gasteiger partial charge in [0.1, 0.15) is 11.7 Å². The van der Waals surface area contributed by atoms with E-state index in [0.717, 1.165) is 27.7 Å². The first kappa shape index (κ1) is 26.7. The Morgan fingerprint density at radius 2 is 1.69 bits per heavy atom. The molecule has 210 valence electrons. The summed E-state index contributed by atoms with van der Waals surface area (Å²) in [7, 11) is 1.25. The summed E-state index contributed by atoms with van der Waals surface area (Å²) in [4.78, 5) is 42.5. The average Bonchev–Trinajstić information content (AvgIpc) is 3.73. The number of carbonyl (C=O) groups is 3. The van der Waals surface area contributed by atoms with Crippen molar-refractivity contribution in [3.63, 3.8) is 0 Å². The minimum atomic E-state index is -1.05. The molecular weight excluding hydrogens is 532 g/mol. The van der Waals surface area contributed by atoms with Crippen molar-refractivity contribution in [2.75, 3.05) is 7.11 Å². The van der Waals surface area contributed by atoms with Gasteiger partial charge in [0, 0.05) is 34.7 Å². The van der Waals surface area contributed by atoms with Gasteiger partial charge in [-0.05, 0) is 29.1 Å². The van der Waals surface area contributed by atoms with Crippen LogP contribution < -0.4 is 5.32 Å². The highest BCUT2D eigenvalue weighted by molar-refractivity contribution is 6.45. The van der Waals surface area contributed by atoms with Gasteiger partial charge in [-0.25, -0.2) is 9.48 Å². The summed E-state index contributed by atoms with van der Waals surface area (Å²) in [5.41, 5.74) is 4.46. The highest BCUT2D eigenvalue weighted by Gasteiger charge is 2.28. The molecule has 42 heavy (non-hydrogen) atoms. The van der Waals surface area contributed by atoms with Gasteiger partial charge in [-0.2, -0.15) is 0 Å². The van der Waals surface area contributed by atoms with Crippen LogP contribution in [-0.2, 0) is 33.8 Å². The number of hydrogen-bond acceptors (Lipinski definition) is 6. The fourth-order valence-corrected chi connectivity index (χ4v) is 5.14. The van der Waals surface area contributed by atoms with E-state index < -0.39 is 23.7 Å². The van der Waals surface area contributed by atoms with E-state index in [1.165, 1.54) is 7.11 Å². The first-order valence-corrected chi connectivity index (χ1v) is 13.5. The van der Waals surface area contributed by atoms with Gasteiger partial charge in [-0.1, -0.05) is 71.9 Å². The Labute approximate surface area is 240 Å². The molecule has 0 fully saturated rings. The van der Waals surface area contributed by atoms with Crippen molar-refractivity contribution < 1.29 is 19.1 Å². The Morgan fingerprint density at radius 1 is 0.929 bits per heavy atom. The van der Waals surface area contributed by atoms with E-state index in [1.807, 2.05) is 89.6 Å². The predicted octanol–water partition coefficient (Wildman–Crippen LogP) is 3.89. The minimum Gasteiger partial charge on any atom is -0.467 e. The summed E-state index contributed by atoms with van der Waals surface area (Å²) < 4.78 is 8.56. The molecule has 3 aromatic carbocycles. The van der Waals surface area contributed by atoms with Gasteiger partial charge in [0.2, 0.25) is 0 Å². The number of ketones is 1. The van der Waals surface area contributed by atoms with Gasteiger partial charge in [-0.15, -0.1) is 5.10 Å². The molecule has 1 amide bonds. The Kier molecular flexibility index (Phi) is 7.33. The number of para-hydroxylation sites is 2. The normalized spacial score (nSPS) is 11.9. The molecule has 0 aliphatic rings. The third kappa shape index (κ3) is 5.55. The molecule has 3 aromatic heterocycles. The number of fused-ring (bicyclic) bond motifs is 2. The quantitative estimate of drug-likeness (QED) is 0.149. The van der Waals surface area contributed by atoms with E-state index in [-0.39, 0.29) is 12.0 Å². The number of esters is 1. The lowest BCUT2D eigenvalue weighted by Gasteiger charge is -2.15. The first-order chi connectivity index (χ1) is 20.5. The number of nitrogens with zero attached hydrogens (tertiary/aromatic N) is 4. The fraction of sp³-hybridized carbons (Fsp3) is 0.156. The van der Waals surface area contributed by atoms with E-state index in [2.05, 4.69) is 20.6 Å². The van der Waals surface area contributed by atoms with Crippen molar-refractivity contribution in [1.29, 1.82) is 0 Å². The molecule has 0 aliphatic heterocycles. The summed E-state index contributed by atoms with van der Waals surface area (Å²) in [6, 6.07) is 25.9. The first-order valence-electron chi connectivity index (χ1n) is 13.5. The van der Waals surface area contributed by atoms with Gasteiger partial charge in [0.25, 0.3) is 11.7 Å². The maximum atomic E-state index is 13.5. The lowest BCUT2D eigenvalue weighted by molar-refractivity contribution is -0.144. The third-order valence-corrected chi connectivity index (χ3v) is 7.15.